The molecule has 6 heteroatoms. The minimum absolute atomic E-state index is 0.0710. The van der Waals surface area contributed by atoms with Crippen molar-refractivity contribution in [3.8, 4) is 0 Å². The molecule has 5 nitrogen and oxygen atoms in total. The molecule has 0 spiro atoms. The standard InChI is InChI=1S/C11H15N3O2S/c1-8-7-17-11(12-8)13-9(15)6-14-5-3-2-4-10(14)16/h7H,2-6H2,1H3,(H,12,13,15). The van der Waals surface area contributed by atoms with Crippen molar-refractivity contribution < 1.29 is 9.59 Å². The number of aryl methyl sites for hydroxylation is 1. The summed E-state index contributed by atoms with van der Waals surface area (Å²) in [5, 5.41) is 5.18. The highest BCUT2D eigenvalue weighted by atomic mass is 32.1. The molecule has 1 aromatic rings. The lowest BCUT2D eigenvalue weighted by molar-refractivity contribution is -0.136. The van der Waals surface area contributed by atoms with Crippen LogP contribution in [0, 0.1) is 6.92 Å². The topological polar surface area (TPSA) is 62.3 Å². The van der Waals surface area contributed by atoms with E-state index in [4.69, 9.17) is 0 Å². The summed E-state index contributed by atoms with van der Waals surface area (Å²) in [7, 11) is 0. The van der Waals surface area contributed by atoms with Gasteiger partial charge in [-0.25, -0.2) is 4.98 Å². The first-order valence-corrected chi connectivity index (χ1v) is 6.53. The third-order valence-electron chi connectivity index (χ3n) is 2.62. The summed E-state index contributed by atoms with van der Waals surface area (Å²) in [4.78, 5) is 29.0. The van der Waals surface area contributed by atoms with Crippen molar-refractivity contribution in [3.63, 3.8) is 0 Å². The summed E-state index contributed by atoms with van der Waals surface area (Å²) in [6.07, 6.45) is 2.47. The molecule has 0 saturated carbocycles. The number of hydrogen-bond donors (Lipinski definition) is 1. The van der Waals surface area contributed by atoms with Gasteiger partial charge < -0.3 is 10.2 Å². The molecule has 0 radical (unpaired) electrons. The van der Waals surface area contributed by atoms with Crippen molar-refractivity contribution >= 4 is 28.3 Å². The number of piperidine rings is 1. The van der Waals surface area contributed by atoms with Gasteiger partial charge in [-0.3, -0.25) is 9.59 Å². The number of rotatable bonds is 3. The maximum atomic E-state index is 11.7. The fraction of sp³-hybridized carbons (Fsp3) is 0.545. The molecule has 2 rings (SSSR count). The molecule has 2 heterocycles. The number of nitrogens with one attached hydrogen (secondary N) is 1. The summed E-state index contributed by atoms with van der Waals surface area (Å²) in [6, 6.07) is 0. The van der Waals surface area contributed by atoms with Gasteiger partial charge in [-0.2, -0.15) is 0 Å². The van der Waals surface area contributed by atoms with Crippen LogP contribution in [0.1, 0.15) is 25.0 Å². The number of thiazole rings is 1. The number of aromatic nitrogens is 1. The first-order chi connectivity index (χ1) is 8.15. The van der Waals surface area contributed by atoms with Gasteiger partial charge in [0.15, 0.2) is 5.13 Å². The second-order valence-electron chi connectivity index (χ2n) is 4.11. The normalized spacial score (nSPS) is 16.1. The zero-order valence-corrected chi connectivity index (χ0v) is 10.5. The first-order valence-electron chi connectivity index (χ1n) is 5.65. The predicted octanol–water partition coefficient (Wildman–Crippen LogP) is 1.40. The Morgan fingerprint density at radius 3 is 3.06 bits per heavy atom. The molecule has 1 aliphatic heterocycles. The molecule has 92 valence electrons. The number of amides is 2. The minimum Gasteiger partial charge on any atom is -0.333 e. The van der Waals surface area contributed by atoms with Crippen molar-refractivity contribution in [2.24, 2.45) is 0 Å². The number of carbonyl (C=O) groups is 2. The van der Waals surface area contributed by atoms with Gasteiger partial charge in [-0.05, 0) is 19.8 Å². The monoisotopic (exact) mass is 253 g/mol. The van der Waals surface area contributed by atoms with Crippen molar-refractivity contribution in [1.29, 1.82) is 0 Å². The third kappa shape index (κ3) is 3.26. The van der Waals surface area contributed by atoms with E-state index < -0.39 is 0 Å². The van der Waals surface area contributed by atoms with Crippen molar-refractivity contribution in [2.45, 2.75) is 26.2 Å². The van der Waals surface area contributed by atoms with Crippen molar-refractivity contribution in [2.75, 3.05) is 18.4 Å². The van der Waals surface area contributed by atoms with Crippen molar-refractivity contribution in [1.82, 2.24) is 9.88 Å². The zero-order valence-electron chi connectivity index (χ0n) is 9.73. The molecule has 0 atom stereocenters. The average Bonchev–Trinajstić information content (AvgIpc) is 2.67. The first kappa shape index (κ1) is 12.0. The van der Waals surface area contributed by atoms with Gasteiger partial charge in [0.2, 0.25) is 11.8 Å². The van der Waals surface area contributed by atoms with Gasteiger partial charge in [0.1, 0.15) is 0 Å². The SMILES string of the molecule is Cc1csc(NC(=O)CN2CCCCC2=O)n1. The Morgan fingerprint density at radius 2 is 2.41 bits per heavy atom. The van der Waals surface area contributed by atoms with Crippen LogP contribution in [0.3, 0.4) is 0 Å². The number of anilines is 1. The van der Waals surface area contributed by atoms with Crippen LogP contribution in [0.5, 0.6) is 0 Å². The van der Waals surface area contributed by atoms with Crippen LogP contribution in [0.4, 0.5) is 5.13 Å². The lowest BCUT2D eigenvalue weighted by atomic mass is 10.1. The second-order valence-corrected chi connectivity index (χ2v) is 4.97. The Hall–Kier alpha value is -1.43. The van der Waals surface area contributed by atoms with Crippen LogP contribution in [-0.4, -0.2) is 34.8 Å². The molecular weight excluding hydrogens is 238 g/mol. The minimum atomic E-state index is -0.172. The van der Waals surface area contributed by atoms with E-state index in [1.54, 1.807) is 4.90 Å². The predicted molar refractivity (Wildman–Crippen MR) is 65.9 cm³/mol. The summed E-state index contributed by atoms with van der Waals surface area (Å²) in [6.45, 7) is 2.70. The fourth-order valence-corrected chi connectivity index (χ4v) is 2.48. The number of nitrogens with zero attached hydrogens (tertiary/aromatic N) is 2. The summed E-state index contributed by atoms with van der Waals surface area (Å²) in [5.74, 6) is -0.101. The van der Waals surface area contributed by atoms with Crippen LogP contribution in [0.15, 0.2) is 5.38 Å². The van der Waals surface area contributed by atoms with Crippen LogP contribution in [0.2, 0.25) is 0 Å². The van der Waals surface area contributed by atoms with Gasteiger partial charge in [-0.1, -0.05) is 0 Å². The zero-order chi connectivity index (χ0) is 12.3. The van der Waals surface area contributed by atoms with Crippen LogP contribution in [0.25, 0.3) is 0 Å². The molecule has 1 aliphatic rings. The Morgan fingerprint density at radius 1 is 1.59 bits per heavy atom. The van der Waals surface area contributed by atoms with E-state index in [0.717, 1.165) is 18.5 Å². The summed E-state index contributed by atoms with van der Waals surface area (Å²) >= 11 is 1.39. The largest absolute Gasteiger partial charge is 0.333 e. The quantitative estimate of drug-likeness (QED) is 0.885. The molecule has 2 amide bonds. The van der Waals surface area contributed by atoms with E-state index >= 15 is 0 Å². The number of likely N-dealkylation sites (tertiary alicyclic amines) is 1. The van der Waals surface area contributed by atoms with E-state index in [9.17, 15) is 9.59 Å². The molecule has 17 heavy (non-hydrogen) atoms. The molecule has 1 aromatic heterocycles. The van der Waals surface area contributed by atoms with E-state index in [0.29, 0.717) is 18.1 Å². The Labute approximate surface area is 104 Å². The maximum Gasteiger partial charge on any atom is 0.245 e. The molecule has 1 N–H and O–H groups in total. The molecule has 0 aliphatic carbocycles. The summed E-state index contributed by atoms with van der Waals surface area (Å²) < 4.78 is 0. The third-order valence-corrected chi connectivity index (χ3v) is 3.50. The van der Waals surface area contributed by atoms with Crippen molar-refractivity contribution in [3.05, 3.63) is 11.1 Å². The van der Waals surface area contributed by atoms with E-state index in [1.165, 1.54) is 11.3 Å². The van der Waals surface area contributed by atoms with E-state index in [2.05, 4.69) is 10.3 Å². The number of carbonyl (C=O) groups excluding carboxylic acids is 2. The van der Waals surface area contributed by atoms with Crippen LogP contribution in [-0.2, 0) is 9.59 Å². The van der Waals surface area contributed by atoms with Crippen LogP contribution >= 0.6 is 11.3 Å². The smallest absolute Gasteiger partial charge is 0.245 e. The molecule has 1 fully saturated rings. The van der Waals surface area contributed by atoms with Gasteiger partial charge in [0, 0.05) is 18.3 Å². The molecule has 0 bridgehead atoms. The highest BCUT2D eigenvalue weighted by Crippen LogP contribution is 2.15. The van der Waals surface area contributed by atoms with E-state index in [-0.39, 0.29) is 18.4 Å². The average molecular weight is 253 g/mol. The molecule has 0 unspecified atom stereocenters. The van der Waals surface area contributed by atoms with Gasteiger partial charge >= 0.3 is 0 Å². The summed E-state index contributed by atoms with van der Waals surface area (Å²) in [5.41, 5.74) is 0.888. The lowest BCUT2D eigenvalue weighted by Gasteiger charge is -2.25. The molecular formula is C11H15N3O2S. The maximum absolute atomic E-state index is 11.7. The highest BCUT2D eigenvalue weighted by molar-refractivity contribution is 7.13. The highest BCUT2D eigenvalue weighted by Gasteiger charge is 2.20. The number of hydrogen-bond acceptors (Lipinski definition) is 4. The van der Waals surface area contributed by atoms with Crippen LogP contribution < -0.4 is 5.32 Å². The lowest BCUT2D eigenvalue weighted by Crippen LogP contribution is -2.40. The Kier molecular flexibility index (Phi) is 3.73. The fourth-order valence-electron chi connectivity index (χ4n) is 1.77. The van der Waals surface area contributed by atoms with Gasteiger partial charge in [0.25, 0.3) is 0 Å². The second kappa shape index (κ2) is 5.27. The van der Waals surface area contributed by atoms with E-state index in [1.807, 2.05) is 12.3 Å². The Balaban J connectivity index is 1.86. The molecule has 1 saturated heterocycles. The van der Waals surface area contributed by atoms with Gasteiger partial charge in [-0.15, -0.1) is 11.3 Å². The van der Waals surface area contributed by atoms with Gasteiger partial charge in [0.05, 0.1) is 12.2 Å². The molecule has 0 aromatic carbocycles. The Bertz CT molecular complexity index is 430.